The number of ketones is 1. The Morgan fingerprint density at radius 2 is 1.81 bits per heavy atom. The lowest BCUT2D eigenvalue weighted by molar-refractivity contribution is 0.101. The number of nitrogens with zero attached hydrogens (tertiary/aromatic N) is 1. The van der Waals surface area contributed by atoms with E-state index >= 15 is 0 Å². The Bertz CT molecular complexity index is 469. The van der Waals surface area contributed by atoms with Gasteiger partial charge in [0.05, 0.1) is 6.26 Å². The number of hydrogen-bond donors (Lipinski definition) is 0. The molecule has 0 saturated carbocycles. The van der Waals surface area contributed by atoms with Crippen LogP contribution >= 0.6 is 0 Å². The van der Waals surface area contributed by atoms with Crippen LogP contribution in [0.4, 0.5) is 5.69 Å². The Labute approximate surface area is 94.3 Å². The first-order valence-corrected chi connectivity index (χ1v) is 5.04. The molecule has 1 aromatic carbocycles. The molecule has 0 saturated heterocycles. The van der Waals surface area contributed by atoms with Crippen LogP contribution < -0.4 is 4.90 Å². The Balaban J connectivity index is 2.25. The fraction of sp³-hybridized carbons (Fsp3) is 0.154. The van der Waals surface area contributed by atoms with Crippen LogP contribution in [0, 0.1) is 0 Å². The van der Waals surface area contributed by atoms with Crippen LogP contribution in [-0.4, -0.2) is 19.9 Å². The first-order valence-electron chi connectivity index (χ1n) is 5.04. The van der Waals surface area contributed by atoms with Gasteiger partial charge in [-0.3, -0.25) is 4.79 Å². The molecule has 3 heteroatoms. The SMILES string of the molecule is CN(C)c1ccc(C(=O)c2ccco2)cc1. The molecular weight excluding hydrogens is 202 g/mol. The predicted molar refractivity (Wildman–Crippen MR) is 62.9 cm³/mol. The van der Waals surface area contributed by atoms with Crippen LogP contribution in [0.25, 0.3) is 0 Å². The maximum absolute atomic E-state index is 11.9. The summed E-state index contributed by atoms with van der Waals surface area (Å²) in [5.74, 6) is 0.285. The monoisotopic (exact) mass is 215 g/mol. The van der Waals surface area contributed by atoms with E-state index in [0.717, 1.165) is 5.69 Å². The minimum atomic E-state index is -0.0877. The maximum Gasteiger partial charge on any atom is 0.228 e. The second kappa shape index (κ2) is 4.23. The van der Waals surface area contributed by atoms with Crippen LogP contribution in [0.3, 0.4) is 0 Å². The van der Waals surface area contributed by atoms with Crippen molar-refractivity contribution in [2.75, 3.05) is 19.0 Å². The molecule has 2 rings (SSSR count). The summed E-state index contributed by atoms with van der Waals surface area (Å²) in [6.07, 6.45) is 1.50. The van der Waals surface area contributed by atoms with E-state index in [0.29, 0.717) is 11.3 Å². The van der Waals surface area contributed by atoms with Crippen LogP contribution in [0.1, 0.15) is 16.1 Å². The van der Waals surface area contributed by atoms with E-state index in [1.807, 2.05) is 31.1 Å². The number of carbonyl (C=O) groups is 1. The van der Waals surface area contributed by atoms with Gasteiger partial charge in [0.2, 0.25) is 5.78 Å². The highest BCUT2D eigenvalue weighted by atomic mass is 16.3. The zero-order valence-corrected chi connectivity index (χ0v) is 9.31. The highest BCUT2D eigenvalue weighted by Crippen LogP contribution is 2.15. The number of furan rings is 1. The van der Waals surface area contributed by atoms with Gasteiger partial charge >= 0.3 is 0 Å². The molecule has 0 atom stereocenters. The molecule has 0 bridgehead atoms. The zero-order valence-electron chi connectivity index (χ0n) is 9.31. The molecule has 0 spiro atoms. The van der Waals surface area contributed by atoms with Gasteiger partial charge in [-0.2, -0.15) is 0 Å². The molecule has 2 aromatic rings. The lowest BCUT2D eigenvalue weighted by Crippen LogP contribution is -2.08. The summed E-state index contributed by atoms with van der Waals surface area (Å²) in [6, 6.07) is 10.8. The van der Waals surface area contributed by atoms with Crippen molar-refractivity contribution < 1.29 is 9.21 Å². The van der Waals surface area contributed by atoms with E-state index in [-0.39, 0.29) is 5.78 Å². The van der Waals surface area contributed by atoms with Gasteiger partial charge in [0.1, 0.15) is 0 Å². The maximum atomic E-state index is 11.9. The Kier molecular flexibility index (Phi) is 2.77. The third-order valence-corrected chi connectivity index (χ3v) is 2.39. The molecular formula is C13H13NO2. The van der Waals surface area contributed by atoms with Gasteiger partial charge in [0.15, 0.2) is 5.76 Å². The highest BCUT2D eigenvalue weighted by molar-refractivity contribution is 6.07. The average molecular weight is 215 g/mol. The second-order valence-corrected chi connectivity index (χ2v) is 3.75. The van der Waals surface area contributed by atoms with Crippen molar-refractivity contribution in [3.63, 3.8) is 0 Å². The first-order chi connectivity index (χ1) is 7.68. The molecule has 0 radical (unpaired) electrons. The fourth-order valence-electron chi connectivity index (χ4n) is 1.46. The van der Waals surface area contributed by atoms with E-state index in [9.17, 15) is 4.79 Å². The average Bonchev–Trinajstić information content (AvgIpc) is 2.81. The largest absolute Gasteiger partial charge is 0.461 e. The minimum absolute atomic E-state index is 0.0877. The molecule has 0 aliphatic heterocycles. The van der Waals surface area contributed by atoms with E-state index in [4.69, 9.17) is 4.42 Å². The summed E-state index contributed by atoms with van der Waals surface area (Å²) in [4.78, 5) is 13.9. The predicted octanol–water partition coefficient (Wildman–Crippen LogP) is 2.58. The highest BCUT2D eigenvalue weighted by Gasteiger charge is 2.11. The van der Waals surface area contributed by atoms with Gasteiger partial charge in [-0.15, -0.1) is 0 Å². The molecule has 1 heterocycles. The Morgan fingerprint density at radius 1 is 1.12 bits per heavy atom. The molecule has 1 aromatic heterocycles. The first kappa shape index (κ1) is 10.5. The van der Waals surface area contributed by atoms with E-state index in [1.54, 1.807) is 24.3 Å². The van der Waals surface area contributed by atoms with Crippen molar-refractivity contribution in [1.82, 2.24) is 0 Å². The lowest BCUT2D eigenvalue weighted by Gasteiger charge is -2.11. The molecule has 0 fully saturated rings. The van der Waals surface area contributed by atoms with Crippen LogP contribution in [0.5, 0.6) is 0 Å². The Hall–Kier alpha value is -2.03. The molecule has 16 heavy (non-hydrogen) atoms. The van der Waals surface area contributed by atoms with Crippen LogP contribution in [-0.2, 0) is 0 Å². The molecule has 3 nitrogen and oxygen atoms in total. The zero-order chi connectivity index (χ0) is 11.5. The number of hydrogen-bond acceptors (Lipinski definition) is 3. The summed E-state index contributed by atoms with van der Waals surface area (Å²) in [5.41, 5.74) is 1.71. The minimum Gasteiger partial charge on any atom is -0.461 e. The summed E-state index contributed by atoms with van der Waals surface area (Å²) in [6.45, 7) is 0. The van der Waals surface area contributed by atoms with Crippen molar-refractivity contribution in [1.29, 1.82) is 0 Å². The van der Waals surface area contributed by atoms with Crippen molar-refractivity contribution in [3.8, 4) is 0 Å². The van der Waals surface area contributed by atoms with Crippen LogP contribution in [0.15, 0.2) is 47.1 Å². The molecule has 0 N–H and O–H groups in total. The second-order valence-electron chi connectivity index (χ2n) is 3.75. The molecule has 0 amide bonds. The standard InChI is InChI=1S/C13H13NO2/c1-14(2)11-7-5-10(6-8-11)13(15)12-4-3-9-16-12/h3-9H,1-2H3. The summed E-state index contributed by atoms with van der Waals surface area (Å²) >= 11 is 0. The third-order valence-electron chi connectivity index (χ3n) is 2.39. The summed E-state index contributed by atoms with van der Waals surface area (Å²) in [7, 11) is 3.92. The van der Waals surface area contributed by atoms with Gasteiger partial charge in [0.25, 0.3) is 0 Å². The number of carbonyl (C=O) groups excluding carboxylic acids is 1. The van der Waals surface area contributed by atoms with Gasteiger partial charge < -0.3 is 9.32 Å². The summed E-state index contributed by atoms with van der Waals surface area (Å²) in [5, 5.41) is 0. The molecule has 0 aliphatic carbocycles. The van der Waals surface area contributed by atoms with E-state index in [1.165, 1.54) is 6.26 Å². The Morgan fingerprint density at radius 3 is 2.31 bits per heavy atom. The van der Waals surface area contributed by atoms with Gasteiger partial charge in [0, 0.05) is 25.3 Å². The number of benzene rings is 1. The van der Waals surface area contributed by atoms with Crippen molar-refractivity contribution in [2.24, 2.45) is 0 Å². The normalized spacial score (nSPS) is 10.1. The van der Waals surface area contributed by atoms with Crippen LogP contribution in [0.2, 0.25) is 0 Å². The van der Waals surface area contributed by atoms with Gasteiger partial charge in [-0.05, 0) is 36.4 Å². The molecule has 0 aliphatic rings. The van der Waals surface area contributed by atoms with E-state index < -0.39 is 0 Å². The number of anilines is 1. The van der Waals surface area contributed by atoms with Crippen molar-refractivity contribution in [3.05, 3.63) is 54.0 Å². The van der Waals surface area contributed by atoms with Gasteiger partial charge in [-0.1, -0.05) is 0 Å². The van der Waals surface area contributed by atoms with Crippen molar-refractivity contribution >= 4 is 11.5 Å². The lowest BCUT2D eigenvalue weighted by atomic mass is 10.1. The molecule has 0 unspecified atom stereocenters. The van der Waals surface area contributed by atoms with E-state index in [2.05, 4.69) is 0 Å². The summed E-state index contributed by atoms with van der Waals surface area (Å²) < 4.78 is 5.07. The molecule has 82 valence electrons. The topological polar surface area (TPSA) is 33.5 Å². The third kappa shape index (κ3) is 1.98. The smallest absolute Gasteiger partial charge is 0.228 e. The number of rotatable bonds is 3. The van der Waals surface area contributed by atoms with Crippen molar-refractivity contribution in [2.45, 2.75) is 0 Å². The fourth-order valence-corrected chi connectivity index (χ4v) is 1.46. The quantitative estimate of drug-likeness (QED) is 0.738. The van der Waals surface area contributed by atoms with Gasteiger partial charge in [-0.25, -0.2) is 0 Å².